The summed E-state index contributed by atoms with van der Waals surface area (Å²) in [6.07, 6.45) is 40.2. The lowest BCUT2D eigenvalue weighted by Gasteiger charge is -2.05. The van der Waals surface area contributed by atoms with Crippen molar-refractivity contribution in [3.05, 3.63) is 23.5 Å². The summed E-state index contributed by atoms with van der Waals surface area (Å²) in [7, 11) is 0. The van der Waals surface area contributed by atoms with Crippen molar-refractivity contribution in [2.24, 2.45) is 0 Å². The highest BCUT2D eigenvalue weighted by Gasteiger charge is 2.04. The fourth-order valence-corrected chi connectivity index (χ4v) is 5.03. The van der Waals surface area contributed by atoms with Crippen LogP contribution in [0.4, 0.5) is 0 Å². The molecule has 1 N–H and O–H groups in total. The normalized spacial score (nSPS) is 11.4. The summed E-state index contributed by atoms with van der Waals surface area (Å²) in [6.45, 7) is 4.60. The Morgan fingerprint density at radius 1 is 0.375 bits per heavy atom. The minimum Gasteiger partial charge on any atom is -0.367 e. The average molecular weight is 446 g/mol. The number of aryl methyl sites for hydroxylation is 2. The molecule has 0 unspecified atom stereocenters. The average Bonchev–Trinajstić information content (AvgIpc) is 3.25. The maximum atomic E-state index is 3.37. The molecule has 0 aliphatic carbocycles. The molecule has 0 bridgehead atoms. The van der Waals surface area contributed by atoms with Gasteiger partial charge in [0.05, 0.1) is 0 Å². The van der Waals surface area contributed by atoms with E-state index in [-0.39, 0.29) is 0 Å². The Balaban J connectivity index is 1.85. The van der Waals surface area contributed by atoms with Gasteiger partial charge in [-0.2, -0.15) is 0 Å². The van der Waals surface area contributed by atoms with Crippen LogP contribution in [0.5, 0.6) is 0 Å². The predicted molar refractivity (Wildman–Crippen MR) is 146 cm³/mol. The van der Waals surface area contributed by atoms with Crippen molar-refractivity contribution in [3.8, 4) is 0 Å². The highest BCUT2D eigenvalue weighted by molar-refractivity contribution is 5.23. The number of aromatic amines is 1. The van der Waals surface area contributed by atoms with E-state index in [4.69, 9.17) is 0 Å². The summed E-state index contributed by atoms with van der Waals surface area (Å²) in [4.78, 5) is 3.37. The summed E-state index contributed by atoms with van der Waals surface area (Å²) in [5, 5.41) is 0. The molecule has 1 rings (SSSR count). The first-order valence-electron chi connectivity index (χ1n) is 15.0. The van der Waals surface area contributed by atoms with Gasteiger partial charge in [-0.25, -0.2) is 0 Å². The van der Waals surface area contributed by atoms with E-state index >= 15 is 0 Å². The van der Waals surface area contributed by atoms with Crippen molar-refractivity contribution < 1.29 is 0 Å². The highest BCUT2D eigenvalue weighted by atomic mass is 14.6. The van der Waals surface area contributed by atoms with Gasteiger partial charge in [0.15, 0.2) is 0 Å². The van der Waals surface area contributed by atoms with Gasteiger partial charge in [0, 0.05) is 12.4 Å². The number of hydrogen-bond donors (Lipinski definition) is 1. The quantitative estimate of drug-likeness (QED) is 0.144. The van der Waals surface area contributed by atoms with Gasteiger partial charge in [-0.15, -0.1) is 0 Å². The van der Waals surface area contributed by atoms with E-state index in [0.29, 0.717) is 0 Å². The number of aromatic nitrogens is 1. The zero-order valence-corrected chi connectivity index (χ0v) is 22.3. The summed E-state index contributed by atoms with van der Waals surface area (Å²) in [5.74, 6) is 0. The molecule has 0 aliphatic rings. The third kappa shape index (κ3) is 17.8. The zero-order chi connectivity index (χ0) is 23.0. The molecule has 0 aromatic carbocycles. The minimum atomic E-state index is 1.28. The molecule has 0 aliphatic heterocycles. The maximum absolute atomic E-state index is 3.37. The first-order valence-corrected chi connectivity index (χ1v) is 15.0. The van der Waals surface area contributed by atoms with Crippen molar-refractivity contribution >= 4 is 0 Å². The standard InChI is InChI=1S/C31H59N/c1-3-5-7-9-11-12-13-14-15-16-17-18-19-21-23-25-27-31-29-32-28-30(31)26-24-22-20-10-8-6-4-2/h28-29,32H,3-27H2,1-2H3. The Bertz CT molecular complexity index is 475. The van der Waals surface area contributed by atoms with Crippen molar-refractivity contribution in [2.75, 3.05) is 0 Å². The maximum Gasteiger partial charge on any atom is 0.00401 e. The van der Waals surface area contributed by atoms with E-state index < -0.39 is 0 Å². The second-order valence-corrected chi connectivity index (χ2v) is 10.4. The van der Waals surface area contributed by atoms with Gasteiger partial charge < -0.3 is 4.98 Å². The van der Waals surface area contributed by atoms with Crippen molar-refractivity contribution in [3.63, 3.8) is 0 Å². The van der Waals surface area contributed by atoms with Crippen molar-refractivity contribution in [1.29, 1.82) is 0 Å². The number of nitrogens with one attached hydrogen (secondary N) is 1. The monoisotopic (exact) mass is 445 g/mol. The molecular weight excluding hydrogens is 386 g/mol. The molecule has 32 heavy (non-hydrogen) atoms. The minimum absolute atomic E-state index is 1.28. The highest BCUT2D eigenvalue weighted by Crippen LogP contribution is 2.18. The van der Waals surface area contributed by atoms with Gasteiger partial charge in [-0.1, -0.05) is 149 Å². The second kappa shape index (κ2) is 23.4. The lowest BCUT2D eigenvalue weighted by molar-refractivity contribution is 0.529. The van der Waals surface area contributed by atoms with Gasteiger partial charge in [0.1, 0.15) is 0 Å². The largest absolute Gasteiger partial charge is 0.367 e. The van der Waals surface area contributed by atoms with Crippen LogP contribution in [0.3, 0.4) is 0 Å². The Labute approximate surface area is 202 Å². The smallest absolute Gasteiger partial charge is 0.00401 e. The molecule has 1 aromatic heterocycles. The van der Waals surface area contributed by atoms with Crippen LogP contribution in [0, 0.1) is 0 Å². The van der Waals surface area contributed by atoms with Crippen LogP contribution in [-0.4, -0.2) is 4.98 Å². The first kappa shape index (κ1) is 29.3. The molecule has 0 fully saturated rings. The molecule has 1 heteroatoms. The number of rotatable bonds is 25. The van der Waals surface area contributed by atoms with Crippen LogP contribution in [0.1, 0.15) is 173 Å². The molecule has 0 atom stereocenters. The molecule has 0 saturated carbocycles. The third-order valence-electron chi connectivity index (χ3n) is 7.28. The second-order valence-electron chi connectivity index (χ2n) is 10.4. The first-order chi connectivity index (χ1) is 15.9. The molecule has 0 saturated heterocycles. The number of unbranched alkanes of at least 4 members (excludes halogenated alkanes) is 21. The number of hydrogen-bond acceptors (Lipinski definition) is 0. The van der Waals surface area contributed by atoms with Gasteiger partial charge in [0.25, 0.3) is 0 Å². The van der Waals surface area contributed by atoms with Crippen LogP contribution in [-0.2, 0) is 12.8 Å². The van der Waals surface area contributed by atoms with E-state index in [1.807, 2.05) is 0 Å². The Kier molecular flexibility index (Phi) is 21.5. The zero-order valence-electron chi connectivity index (χ0n) is 22.3. The van der Waals surface area contributed by atoms with E-state index in [1.54, 1.807) is 11.1 Å². The van der Waals surface area contributed by atoms with Crippen LogP contribution in [0.25, 0.3) is 0 Å². The fraction of sp³-hybridized carbons (Fsp3) is 0.871. The molecule has 0 radical (unpaired) electrons. The van der Waals surface area contributed by atoms with Crippen LogP contribution < -0.4 is 0 Å². The molecule has 0 spiro atoms. The van der Waals surface area contributed by atoms with Crippen LogP contribution >= 0.6 is 0 Å². The lowest BCUT2D eigenvalue weighted by atomic mass is 10.00. The SMILES string of the molecule is CCCCCCCCCCCCCCCCCCc1c[nH]cc1CCCCCCCCC. The van der Waals surface area contributed by atoms with E-state index in [1.165, 1.54) is 161 Å². The van der Waals surface area contributed by atoms with E-state index in [2.05, 4.69) is 31.2 Å². The van der Waals surface area contributed by atoms with E-state index in [0.717, 1.165) is 0 Å². The van der Waals surface area contributed by atoms with Gasteiger partial charge >= 0.3 is 0 Å². The predicted octanol–water partition coefficient (Wildman–Crippen LogP) is 11.1. The lowest BCUT2D eigenvalue weighted by Crippen LogP contribution is -1.92. The Hall–Kier alpha value is -0.720. The van der Waals surface area contributed by atoms with Gasteiger partial charge in [0.2, 0.25) is 0 Å². The van der Waals surface area contributed by atoms with Crippen molar-refractivity contribution in [1.82, 2.24) is 4.98 Å². The molecular formula is C31H59N. The van der Waals surface area contributed by atoms with Crippen LogP contribution in [0.2, 0.25) is 0 Å². The van der Waals surface area contributed by atoms with Crippen LogP contribution in [0.15, 0.2) is 12.4 Å². The molecule has 1 nitrogen and oxygen atoms in total. The summed E-state index contributed by atoms with van der Waals surface area (Å²) in [6, 6.07) is 0. The van der Waals surface area contributed by atoms with E-state index in [9.17, 15) is 0 Å². The fourth-order valence-electron chi connectivity index (χ4n) is 5.03. The molecule has 0 amide bonds. The summed E-state index contributed by atoms with van der Waals surface area (Å²) >= 11 is 0. The number of H-pyrrole nitrogens is 1. The molecule has 1 aromatic rings. The third-order valence-corrected chi connectivity index (χ3v) is 7.28. The summed E-state index contributed by atoms with van der Waals surface area (Å²) in [5.41, 5.74) is 3.20. The molecule has 188 valence electrons. The summed E-state index contributed by atoms with van der Waals surface area (Å²) < 4.78 is 0. The Morgan fingerprint density at radius 3 is 0.906 bits per heavy atom. The van der Waals surface area contributed by atoms with Gasteiger partial charge in [-0.05, 0) is 36.8 Å². The van der Waals surface area contributed by atoms with Crippen molar-refractivity contribution in [2.45, 2.75) is 174 Å². The van der Waals surface area contributed by atoms with Gasteiger partial charge in [-0.3, -0.25) is 0 Å². The topological polar surface area (TPSA) is 15.8 Å². The Morgan fingerprint density at radius 2 is 0.625 bits per heavy atom. The molecule has 1 heterocycles.